The topological polar surface area (TPSA) is 76.7 Å². The number of benzene rings is 1. The van der Waals surface area contributed by atoms with Gasteiger partial charge in [0.05, 0.1) is 7.11 Å². The molecule has 1 aliphatic carbocycles. The van der Waals surface area contributed by atoms with E-state index in [1.807, 2.05) is 0 Å². The second-order valence-corrected chi connectivity index (χ2v) is 5.87. The van der Waals surface area contributed by atoms with Crippen LogP contribution in [0.2, 0.25) is 0 Å². The fourth-order valence-electron chi connectivity index (χ4n) is 2.73. The van der Waals surface area contributed by atoms with Crippen molar-refractivity contribution in [2.75, 3.05) is 19.0 Å². The molecule has 2 atom stereocenters. The van der Waals surface area contributed by atoms with E-state index in [0.717, 1.165) is 6.42 Å². The molecular weight excluding hydrogens is 296 g/mol. The Labute approximate surface area is 136 Å². The Balaban J connectivity index is 1.76. The summed E-state index contributed by atoms with van der Waals surface area (Å²) in [7, 11) is 1.30. The molecule has 1 fully saturated rings. The normalized spacial score (nSPS) is 20.4. The largest absolute Gasteiger partial charge is 0.484 e. The van der Waals surface area contributed by atoms with Crippen LogP contribution in [-0.2, 0) is 9.53 Å². The molecule has 126 valence electrons. The van der Waals surface area contributed by atoms with Crippen molar-refractivity contribution in [2.24, 2.45) is 5.92 Å². The van der Waals surface area contributed by atoms with Gasteiger partial charge >= 0.3 is 6.09 Å². The van der Waals surface area contributed by atoms with Crippen molar-refractivity contribution in [3.05, 3.63) is 24.3 Å². The summed E-state index contributed by atoms with van der Waals surface area (Å²) in [5.74, 6) is 1.00. The standard InChI is InChI=1S/C17H24N2O4/c1-12-5-3-4-6-15(12)19-16(20)11-23-14-9-7-13(8-10-14)18-17(21)22-2/h7-10,12,15H,3-6,11H2,1-2H3,(H,18,21)(H,19,20)/t12-,15-/m1/s1. The predicted octanol–water partition coefficient (Wildman–Crippen LogP) is 2.94. The zero-order valence-electron chi connectivity index (χ0n) is 13.6. The average Bonchev–Trinajstić information content (AvgIpc) is 2.56. The van der Waals surface area contributed by atoms with Gasteiger partial charge in [0.15, 0.2) is 6.61 Å². The number of amides is 2. The summed E-state index contributed by atoms with van der Waals surface area (Å²) < 4.78 is 9.98. The van der Waals surface area contributed by atoms with Gasteiger partial charge in [-0.15, -0.1) is 0 Å². The van der Waals surface area contributed by atoms with Crippen LogP contribution in [0, 0.1) is 5.92 Å². The molecule has 1 aromatic carbocycles. The second kappa shape index (κ2) is 8.41. The van der Waals surface area contributed by atoms with Gasteiger partial charge < -0.3 is 14.8 Å². The van der Waals surface area contributed by atoms with Crippen LogP contribution in [0.1, 0.15) is 32.6 Å². The lowest BCUT2D eigenvalue weighted by Crippen LogP contribution is -2.43. The monoisotopic (exact) mass is 320 g/mol. The van der Waals surface area contributed by atoms with E-state index in [0.29, 0.717) is 17.4 Å². The molecular formula is C17H24N2O4. The SMILES string of the molecule is COC(=O)Nc1ccc(OCC(=O)N[C@@H]2CCCC[C@H]2C)cc1. The molecule has 1 aromatic rings. The third-order valence-corrected chi connectivity index (χ3v) is 4.11. The van der Waals surface area contributed by atoms with Gasteiger partial charge in [0.1, 0.15) is 5.75 Å². The van der Waals surface area contributed by atoms with Crippen LogP contribution in [0.3, 0.4) is 0 Å². The molecule has 2 N–H and O–H groups in total. The Morgan fingerprint density at radius 2 is 1.87 bits per heavy atom. The van der Waals surface area contributed by atoms with E-state index < -0.39 is 6.09 Å². The minimum Gasteiger partial charge on any atom is -0.484 e. The Morgan fingerprint density at radius 3 is 2.52 bits per heavy atom. The lowest BCUT2D eigenvalue weighted by Gasteiger charge is -2.29. The molecule has 0 aliphatic heterocycles. The first-order chi connectivity index (χ1) is 11.1. The van der Waals surface area contributed by atoms with Crippen molar-refractivity contribution >= 4 is 17.7 Å². The van der Waals surface area contributed by atoms with Gasteiger partial charge in [-0.05, 0) is 43.0 Å². The van der Waals surface area contributed by atoms with Gasteiger partial charge in [-0.3, -0.25) is 10.1 Å². The van der Waals surface area contributed by atoms with Crippen LogP contribution in [0.5, 0.6) is 5.75 Å². The van der Waals surface area contributed by atoms with Crippen molar-refractivity contribution in [2.45, 2.75) is 38.6 Å². The minimum atomic E-state index is -0.528. The second-order valence-electron chi connectivity index (χ2n) is 5.87. The van der Waals surface area contributed by atoms with Crippen molar-refractivity contribution < 1.29 is 19.1 Å². The molecule has 0 heterocycles. The van der Waals surface area contributed by atoms with Crippen LogP contribution in [0.25, 0.3) is 0 Å². The summed E-state index contributed by atoms with van der Waals surface area (Å²) in [6.07, 6.45) is 4.10. The highest BCUT2D eigenvalue weighted by Crippen LogP contribution is 2.23. The molecule has 6 heteroatoms. The van der Waals surface area contributed by atoms with Gasteiger partial charge in [-0.1, -0.05) is 19.8 Å². The fourth-order valence-corrected chi connectivity index (χ4v) is 2.73. The maximum Gasteiger partial charge on any atom is 0.411 e. The summed E-state index contributed by atoms with van der Waals surface area (Å²) in [5, 5.41) is 5.59. The van der Waals surface area contributed by atoms with Crippen molar-refractivity contribution in [1.29, 1.82) is 0 Å². The third-order valence-electron chi connectivity index (χ3n) is 4.11. The van der Waals surface area contributed by atoms with E-state index in [9.17, 15) is 9.59 Å². The minimum absolute atomic E-state index is 0.00695. The molecule has 1 aliphatic rings. The summed E-state index contributed by atoms with van der Waals surface area (Å²) in [4.78, 5) is 23.1. The molecule has 2 amide bonds. The summed E-state index contributed by atoms with van der Waals surface area (Å²) >= 11 is 0. The molecule has 0 radical (unpaired) electrons. The first-order valence-electron chi connectivity index (χ1n) is 7.95. The molecule has 23 heavy (non-hydrogen) atoms. The zero-order valence-corrected chi connectivity index (χ0v) is 13.6. The molecule has 0 aromatic heterocycles. The molecule has 0 spiro atoms. The van der Waals surface area contributed by atoms with Crippen LogP contribution < -0.4 is 15.4 Å². The van der Waals surface area contributed by atoms with Gasteiger partial charge in [0.2, 0.25) is 0 Å². The number of hydrogen-bond donors (Lipinski definition) is 2. The number of methoxy groups -OCH3 is 1. The molecule has 6 nitrogen and oxygen atoms in total. The number of rotatable bonds is 5. The van der Waals surface area contributed by atoms with Gasteiger partial charge in [-0.25, -0.2) is 4.79 Å². The Bertz CT molecular complexity index is 530. The van der Waals surface area contributed by atoms with Crippen LogP contribution in [0.4, 0.5) is 10.5 Å². The average molecular weight is 320 g/mol. The van der Waals surface area contributed by atoms with E-state index in [1.54, 1.807) is 24.3 Å². The molecule has 0 unspecified atom stereocenters. The third kappa shape index (κ3) is 5.47. The maximum atomic E-state index is 12.0. The van der Waals surface area contributed by atoms with Crippen LogP contribution >= 0.6 is 0 Å². The quantitative estimate of drug-likeness (QED) is 0.874. The Morgan fingerprint density at radius 1 is 1.17 bits per heavy atom. The summed E-state index contributed by atoms with van der Waals surface area (Å²) in [5.41, 5.74) is 0.602. The van der Waals surface area contributed by atoms with Gasteiger partial charge in [0, 0.05) is 11.7 Å². The number of carbonyl (C=O) groups excluding carboxylic acids is 2. The summed E-state index contributed by atoms with van der Waals surface area (Å²) in [6, 6.07) is 7.02. The number of carbonyl (C=O) groups is 2. The highest BCUT2D eigenvalue weighted by atomic mass is 16.5. The number of ether oxygens (including phenoxy) is 2. The van der Waals surface area contributed by atoms with E-state index in [4.69, 9.17) is 4.74 Å². The van der Waals surface area contributed by atoms with E-state index >= 15 is 0 Å². The first-order valence-corrected chi connectivity index (χ1v) is 7.95. The van der Waals surface area contributed by atoms with E-state index in [-0.39, 0.29) is 18.6 Å². The highest BCUT2D eigenvalue weighted by molar-refractivity contribution is 5.84. The van der Waals surface area contributed by atoms with Crippen molar-refractivity contribution in [3.63, 3.8) is 0 Å². The molecule has 1 saturated carbocycles. The lowest BCUT2D eigenvalue weighted by molar-refractivity contribution is -0.124. The van der Waals surface area contributed by atoms with Gasteiger partial charge in [0.25, 0.3) is 5.91 Å². The smallest absolute Gasteiger partial charge is 0.411 e. The molecule has 2 rings (SSSR count). The first kappa shape index (κ1) is 17.1. The Hall–Kier alpha value is -2.24. The predicted molar refractivity (Wildman–Crippen MR) is 87.5 cm³/mol. The van der Waals surface area contributed by atoms with Crippen LogP contribution in [0.15, 0.2) is 24.3 Å². The van der Waals surface area contributed by atoms with E-state index in [2.05, 4.69) is 22.3 Å². The highest BCUT2D eigenvalue weighted by Gasteiger charge is 2.22. The fraction of sp³-hybridized carbons (Fsp3) is 0.529. The van der Waals surface area contributed by atoms with Crippen LogP contribution in [-0.4, -0.2) is 31.8 Å². The lowest BCUT2D eigenvalue weighted by atomic mass is 9.86. The Kier molecular flexibility index (Phi) is 6.26. The molecule has 0 bridgehead atoms. The van der Waals surface area contributed by atoms with Crippen molar-refractivity contribution in [1.82, 2.24) is 5.32 Å². The van der Waals surface area contributed by atoms with E-state index in [1.165, 1.54) is 26.4 Å². The number of anilines is 1. The number of nitrogens with one attached hydrogen (secondary N) is 2. The number of hydrogen-bond acceptors (Lipinski definition) is 4. The van der Waals surface area contributed by atoms with Crippen molar-refractivity contribution in [3.8, 4) is 5.75 Å². The molecule has 0 saturated heterocycles. The zero-order chi connectivity index (χ0) is 16.7. The van der Waals surface area contributed by atoms with Gasteiger partial charge in [-0.2, -0.15) is 0 Å². The maximum absolute atomic E-state index is 12.0. The summed E-state index contributed by atoms with van der Waals surface area (Å²) in [6.45, 7) is 2.17.